The minimum Gasteiger partial charge on any atom is -0.481 e. The lowest BCUT2D eigenvalue weighted by atomic mass is 10.0. The molecule has 0 aliphatic carbocycles. The normalized spacial score (nSPS) is 26.4. The van der Waals surface area contributed by atoms with E-state index in [2.05, 4.69) is 4.72 Å². The van der Waals surface area contributed by atoms with Crippen molar-refractivity contribution in [3.63, 3.8) is 0 Å². The molecule has 0 aromatic heterocycles. The standard InChI is InChI=1S/C12H24N2O5S/c1-4-11(5-12(15)16)6-13-20(17,18)14-7-9(2)19-10(3)8-14/h9-11,13H,4-8H2,1-3H3,(H,15,16). The molecular formula is C12H24N2O5S. The van der Waals surface area contributed by atoms with Gasteiger partial charge in [0.1, 0.15) is 0 Å². The molecule has 0 radical (unpaired) electrons. The zero-order chi connectivity index (χ0) is 15.3. The maximum absolute atomic E-state index is 12.2. The highest BCUT2D eigenvalue weighted by molar-refractivity contribution is 7.87. The molecule has 1 aliphatic heterocycles. The van der Waals surface area contributed by atoms with Crippen LogP contribution >= 0.6 is 0 Å². The van der Waals surface area contributed by atoms with Crippen LogP contribution in [0.4, 0.5) is 0 Å². The predicted octanol–water partition coefficient (Wildman–Crippen LogP) is 0.431. The SMILES string of the molecule is CCC(CNS(=O)(=O)N1CC(C)OC(C)C1)CC(=O)O. The molecule has 118 valence electrons. The fraction of sp³-hybridized carbons (Fsp3) is 0.917. The first-order valence-corrected chi connectivity index (χ1v) is 8.30. The Hall–Kier alpha value is -0.700. The highest BCUT2D eigenvalue weighted by Gasteiger charge is 2.31. The van der Waals surface area contributed by atoms with Gasteiger partial charge in [0.15, 0.2) is 0 Å². The van der Waals surface area contributed by atoms with Crippen molar-refractivity contribution < 1.29 is 23.1 Å². The van der Waals surface area contributed by atoms with Gasteiger partial charge in [-0.05, 0) is 19.8 Å². The van der Waals surface area contributed by atoms with Crippen molar-refractivity contribution in [3.05, 3.63) is 0 Å². The van der Waals surface area contributed by atoms with Gasteiger partial charge < -0.3 is 9.84 Å². The van der Waals surface area contributed by atoms with Crippen LogP contribution in [0.25, 0.3) is 0 Å². The summed E-state index contributed by atoms with van der Waals surface area (Å²) in [6, 6.07) is 0. The van der Waals surface area contributed by atoms with Crippen LogP contribution in [-0.4, -0.2) is 55.6 Å². The molecule has 1 aliphatic rings. The van der Waals surface area contributed by atoms with Crippen LogP contribution in [0.5, 0.6) is 0 Å². The summed E-state index contributed by atoms with van der Waals surface area (Å²) in [6.45, 7) is 6.28. The Morgan fingerprint density at radius 1 is 1.40 bits per heavy atom. The molecule has 1 heterocycles. The van der Waals surface area contributed by atoms with Crippen LogP contribution in [-0.2, 0) is 19.7 Å². The zero-order valence-electron chi connectivity index (χ0n) is 12.2. The number of nitrogens with zero attached hydrogens (tertiary/aromatic N) is 1. The maximum atomic E-state index is 12.2. The van der Waals surface area contributed by atoms with Gasteiger partial charge in [-0.25, -0.2) is 4.72 Å². The third-order valence-corrected chi connectivity index (χ3v) is 4.83. The second-order valence-corrected chi connectivity index (χ2v) is 7.06. The highest BCUT2D eigenvalue weighted by atomic mass is 32.2. The van der Waals surface area contributed by atoms with Crippen LogP contribution < -0.4 is 4.72 Å². The number of nitrogens with one attached hydrogen (secondary N) is 1. The van der Waals surface area contributed by atoms with Gasteiger partial charge in [-0.3, -0.25) is 4.79 Å². The molecule has 0 aromatic carbocycles. The second kappa shape index (κ2) is 7.35. The van der Waals surface area contributed by atoms with Crippen LogP contribution in [0.1, 0.15) is 33.6 Å². The molecule has 2 N–H and O–H groups in total. The van der Waals surface area contributed by atoms with E-state index in [1.807, 2.05) is 20.8 Å². The van der Waals surface area contributed by atoms with E-state index < -0.39 is 16.2 Å². The Morgan fingerprint density at radius 3 is 2.40 bits per heavy atom. The zero-order valence-corrected chi connectivity index (χ0v) is 13.0. The summed E-state index contributed by atoms with van der Waals surface area (Å²) in [7, 11) is -3.58. The first-order valence-electron chi connectivity index (χ1n) is 6.86. The Bertz CT molecular complexity index is 416. The first-order chi connectivity index (χ1) is 9.24. The fourth-order valence-corrected chi connectivity index (χ4v) is 3.69. The molecule has 20 heavy (non-hydrogen) atoms. The number of rotatable bonds is 7. The molecule has 0 spiro atoms. The number of aliphatic carboxylic acids is 1. The van der Waals surface area contributed by atoms with Crippen molar-refractivity contribution in [2.24, 2.45) is 5.92 Å². The van der Waals surface area contributed by atoms with E-state index >= 15 is 0 Å². The molecule has 3 unspecified atom stereocenters. The van der Waals surface area contributed by atoms with Crippen molar-refractivity contribution >= 4 is 16.2 Å². The molecule has 0 bridgehead atoms. The highest BCUT2D eigenvalue weighted by Crippen LogP contribution is 2.14. The van der Waals surface area contributed by atoms with E-state index in [4.69, 9.17) is 9.84 Å². The molecule has 0 amide bonds. The summed E-state index contributed by atoms with van der Waals surface area (Å²) < 4.78 is 33.8. The van der Waals surface area contributed by atoms with E-state index in [0.29, 0.717) is 19.5 Å². The Morgan fingerprint density at radius 2 is 1.95 bits per heavy atom. The van der Waals surface area contributed by atoms with Crippen molar-refractivity contribution in [3.8, 4) is 0 Å². The van der Waals surface area contributed by atoms with Crippen molar-refractivity contribution in [1.82, 2.24) is 9.03 Å². The molecule has 1 rings (SSSR count). The smallest absolute Gasteiger partial charge is 0.303 e. The van der Waals surface area contributed by atoms with Gasteiger partial charge in [0, 0.05) is 26.1 Å². The first kappa shape index (κ1) is 17.4. The number of morpholine rings is 1. The van der Waals surface area contributed by atoms with Gasteiger partial charge >= 0.3 is 5.97 Å². The number of carboxylic acid groups (broad SMARTS) is 1. The van der Waals surface area contributed by atoms with Crippen LogP contribution in [0, 0.1) is 5.92 Å². The van der Waals surface area contributed by atoms with Gasteiger partial charge in [-0.1, -0.05) is 13.3 Å². The van der Waals surface area contributed by atoms with Crippen LogP contribution in [0.2, 0.25) is 0 Å². The van der Waals surface area contributed by atoms with Crippen LogP contribution in [0.15, 0.2) is 0 Å². The van der Waals surface area contributed by atoms with Gasteiger partial charge in [-0.15, -0.1) is 0 Å². The minimum atomic E-state index is -3.58. The predicted molar refractivity (Wildman–Crippen MR) is 74.5 cm³/mol. The van der Waals surface area contributed by atoms with Gasteiger partial charge in [0.05, 0.1) is 12.2 Å². The van der Waals surface area contributed by atoms with E-state index in [-0.39, 0.29) is 31.1 Å². The Balaban J connectivity index is 2.58. The number of carbonyl (C=O) groups is 1. The number of carboxylic acids is 1. The van der Waals surface area contributed by atoms with Crippen LogP contribution in [0.3, 0.4) is 0 Å². The van der Waals surface area contributed by atoms with Gasteiger partial charge in [0.2, 0.25) is 0 Å². The average molecular weight is 308 g/mol. The van der Waals surface area contributed by atoms with Crippen molar-refractivity contribution in [2.45, 2.75) is 45.8 Å². The quantitative estimate of drug-likeness (QED) is 0.711. The average Bonchev–Trinajstić information content (AvgIpc) is 2.32. The summed E-state index contributed by atoms with van der Waals surface area (Å²) in [4.78, 5) is 10.7. The van der Waals surface area contributed by atoms with E-state index in [0.717, 1.165) is 0 Å². The third kappa shape index (κ3) is 5.35. The largest absolute Gasteiger partial charge is 0.481 e. The number of hydrogen-bond acceptors (Lipinski definition) is 4. The van der Waals surface area contributed by atoms with Gasteiger partial charge in [0.25, 0.3) is 10.2 Å². The molecule has 1 saturated heterocycles. The monoisotopic (exact) mass is 308 g/mol. The maximum Gasteiger partial charge on any atom is 0.303 e. The summed E-state index contributed by atoms with van der Waals surface area (Å²) in [5.74, 6) is -1.11. The molecule has 0 saturated carbocycles. The number of ether oxygens (including phenoxy) is 1. The Kier molecular flexibility index (Phi) is 6.38. The summed E-state index contributed by atoms with van der Waals surface area (Å²) >= 11 is 0. The Labute approximate surface area is 120 Å². The summed E-state index contributed by atoms with van der Waals surface area (Å²) in [5, 5.41) is 8.76. The lowest BCUT2D eigenvalue weighted by molar-refractivity contribution is -0.138. The topological polar surface area (TPSA) is 95.9 Å². The fourth-order valence-electron chi connectivity index (χ4n) is 2.25. The van der Waals surface area contributed by atoms with Gasteiger partial charge in [-0.2, -0.15) is 12.7 Å². The summed E-state index contributed by atoms with van der Waals surface area (Å²) in [6.07, 6.45) is 0.298. The van der Waals surface area contributed by atoms with E-state index in [1.165, 1.54) is 4.31 Å². The molecule has 1 fully saturated rings. The number of hydrogen-bond donors (Lipinski definition) is 2. The van der Waals surface area contributed by atoms with Crippen molar-refractivity contribution in [2.75, 3.05) is 19.6 Å². The molecule has 8 heteroatoms. The molecular weight excluding hydrogens is 284 g/mol. The molecule has 3 atom stereocenters. The lowest BCUT2D eigenvalue weighted by Crippen LogP contribution is -2.52. The minimum absolute atomic E-state index is 0.0328. The van der Waals surface area contributed by atoms with E-state index in [1.54, 1.807) is 0 Å². The molecule has 7 nitrogen and oxygen atoms in total. The van der Waals surface area contributed by atoms with E-state index in [9.17, 15) is 13.2 Å². The summed E-state index contributed by atoms with van der Waals surface area (Å²) in [5.41, 5.74) is 0. The molecule has 0 aromatic rings. The second-order valence-electron chi connectivity index (χ2n) is 5.30. The lowest BCUT2D eigenvalue weighted by Gasteiger charge is -2.34. The third-order valence-electron chi connectivity index (χ3n) is 3.32. The van der Waals surface area contributed by atoms with Crippen molar-refractivity contribution in [1.29, 1.82) is 0 Å².